The number of alkyl halides is 3. The molecule has 1 aliphatic rings. The van der Waals surface area contributed by atoms with Gasteiger partial charge in [0.2, 0.25) is 0 Å². The number of ether oxygens (including phenoxy) is 2. The highest BCUT2D eigenvalue weighted by Gasteiger charge is 2.31. The van der Waals surface area contributed by atoms with Gasteiger partial charge in [0, 0.05) is 50.4 Å². The Balaban J connectivity index is 1.49. The van der Waals surface area contributed by atoms with E-state index in [1.807, 2.05) is 36.4 Å². The number of morpholine rings is 1. The third-order valence-corrected chi connectivity index (χ3v) is 6.49. The van der Waals surface area contributed by atoms with E-state index < -0.39 is 6.36 Å². The number of urea groups is 1. The molecule has 0 radical (unpaired) electrons. The van der Waals surface area contributed by atoms with Crippen LogP contribution in [-0.2, 0) is 4.74 Å². The van der Waals surface area contributed by atoms with Crippen LogP contribution >= 0.6 is 0 Å². The van der Waals surface area contributed by atoms with E-state index in [0.29, 0.717) is 39.3 Å². The van der Waals surface area contributed by atoms with Gasteiger partial charge in [-0.05, 0) is 29.7 Å². The fourth-order valence-electron chi connectivity index (χ4n) is 4.56. The summed E-state index contributed by atoms with van der Waals surface area (Å²) in [6.07, 6.45) is -4.13. The van der Waals surface area contributed by atoms with E-state index in [4.69, 9.17) is 4.74 Å². The topological polar surface area (TPSA) is 54.0 Å². The number of nitrogens with zero attached hydrogens (tertiary/aromatic N) is 2. The maximum absolute atomic E-state index is 13.4. The van der Waals surface area contributed by atoms with Gasteiger partial charge in [-0.3, -0.25) is 4.90 Å². The summed E-state index contributed by atoms with van der Waals surface area (Å²) in [6.45, 7) is 4.51. The zero-order valence-electron chi connectivity index (χ0n) is 21.1. The van der Waals surface area contributed by atoms with E-state index >= 15 is 0 Å². The Labute approximate surface area is 221 Å². The Morgan fingerprint density at radius 2 is 1.55 bits per heavy atom. The summed E-state index contributed by atoms with van der Waals surface area (Å²) in [5.74, 6) is -0.303. The van der Waals surface area contributed by atoms with E-state index in [2.05, 4.69) is 39.2 Å². The molecule has 3 aromatic rings. The Kier molecular flexibility index (Phi) is 9.62. The number of carbonyl (C=O) groups excluding carboxylic acids is 1. The second kappa shape index (κ2) is 13.3. The van der Waals surface area contributed by atoms with E-state index in [1.165, 1.54) is 24.3 Å². The summed E-state index contributed by atoms with van der Waals surface area (Å²) in [5.41, 5.74) is 2.55. The van der Waals surface area contributed by atoms with Gasteiger partial charge in [-0.25, -0.2) is 4.79 Å². The molecule has 1 N–H and O–H groups in total. The summed E-state index contributed by atoms with van der Waals surface area (Å²) in [7, 11) is 0. The lowest BCUT2D eigenvalue weighted by atomic mass is 9.88. The molecule has 1 aliphatic heterocycles. The van der Waals surface area contributed by atoms with Crippen LogP contribution in [0.5, 0.6) is 5.75 Å². The second-order valence-corrected chi connectivity index (χ2v) is 9.11. The van der Waals surface area contributed by atoms with Gasteiger partial charge in [0.25, 0.3) is 0 Å². The van der Waals surface area contributed by atoms with Gasteiger partial charge in [-0.2, -0.15) is 0 Å². The number of amides is 2. The van der Waals surface area contributed by atoms with Crippen LogP contribution in [0.15, 0.2) is 84.9 Å². The van der Waals surface area contributed by atoms with Crippen molar-refractivity contribution in [2.75, 3.05) is 51.3 Å². The molecule has 1 saturated heterocycles. The first kappa shape index (κ1) is 27.5. The highest BCUT2D eigenvalue weighted by molar-refractivity contribution is 5.89. The number of rotatable bonds is 10. The number of carbonyl (C=O) groups is 1. The molecule has 1 fully saturated rings. The van der Waals surface area contributed by atoms with Crippen LogP contribution in [0.4, 0.5) is 23.7 Å². The molecule has 3 aromatic carbocycles. The molecule has 2 amide bonds. The van der Waals surface area contributed by atoms with Crippen molar-refractivity contribution in [3.8, 4) is 5.75 Å². The summed E-state index contributed by atoms with van der Waals surface area (Å²) in [5, 5.41) is 2.76. The van der Waals surface area contributed by atoms with Gasteiger partial charge in [-0.1, -0.05) is 66.7 Å². The second-order valence-electron chi connectivity index (χ2n) is 9.11. The molecule has 0 bridgehead atoms. The number of benzene rings is 3. The predicted molar refractivity (Wildman–Crippen MR) is 140 cm³/mol. The smallest absolute Gasteiger partial charge is 0.406 e. The highest BCUT2D eigenvalue weighted by atomic mass is 19.4. The largest absolute Gasteiger partial charge is 0.573 e. The van der Waals surface area contributed by atoms with Crippen molar-refractivity contribution in [1.29, 1.82) is 0 Å². The van der Waals surface area contributed by atoms with Crippen LogP contribution in [0.3, 0.4) is 0 Å². The monoisotopic (exact) mass is 527 g/mol. The Morgan fingerprint density at radius 1 is 0.921 bits per heavy atom. The summed E-state index contributed by atoms with van der Waals surface area (Å²) >= 11 is 0. The Hall–Kier alpha value is -3.56. The van der Waals surface area contributed by atoms with Gasteiger partial charge in [0.05, 0.1) is 13.2 Å². The number of halogens is 3. The van der Waals surface area contributed by atoms with Gasteiger partial charge in [0.15, 0.2) is 0 Å². The predicted octanol–water partition coefficient (Wildman–Crippen LogP) is 5.97. The van der Waals surface area contributed by atoms with Gasteiger partial charge in [0.1, 0.15) is 5.75 Å². The van der Waals surface area contributed by atoms with E-state index in [9.17, 15) is 18.0 Å². The molecule has 202 valence electrons. The maximum Gasteiger partial charge on any atom is 0.573 e. The van der Waals surface area contributed by atoms with E-state index in [1.54, 1.807) is 4.90 Å². The molecular weight excluding hydrogens is 495 g/mol. The van der Waals surface area contributed by atoms with Crippen LogP contribution < -0.4 is 10.1 Å². The molecule has 0 atom stereocenters. The SMILES string of the molecule is O=C(Nc1cccc(OC(F)(F)F)c1)N(CCC(c1ccccc1)c1ccccc1)CCN1CCOCC1. The number of hydrogen-bond acceptors (Lipinski definition) is 4. The van der Waals surface area contributed by atoms with Gasteiger partial charge < -0.3 is 19.7 Å². The molecule has 0 saturated carbocycles. The van der Waals surface area contributed by atoms with Crippen molar-refractivity contribution in [3.05, 3.63) is 96.1 Å². The molecule has 4 rings (SSSR count). The van der Waals surface area contributed by atoms with Crippen LogP contribution in [-0.4, -0.2) is 68.1 Å². The fraction of sp³-hybridized carbons (Fsp3) is 0.345. The average Bonchev–Trinajstić information content (AvgIpc) is 2.91. The standard InChI is InChI=1S/C29H32F3N3O3/c30-29(31,32)38-26-13-7-12-25(22-26)33-28(36)35(17-16-34-18-20-37-21-19-34)15-14-27(23-8-3-1-4-9-23)24-10-5-2-6-11-24/h1-13,22,27H,14-21H2,(H,33,36). The van der Waals surface area contributed by atoms with Crippen molar-refractivity contribution in [2.45, 2.75) is 18.7 Å². The number of hydrogen-bond donors (Lipinski definition) is 1. The van der Waals surface area contributed by atoms with Crippen molar-refractivity contribution < 1.29 is 27.4 Å². The summed E-state index contributed by atoms with van der Waals surface area (Å²) in [6, 6.07) is 25.3. The zero-order valence-corrected chi connectivity index (χ0v) is 21.1. The maximum atomic E-state index is 13.4. The van der Waals surface area contributed by atoms with Crippen LogP contribution in [0.1, 0.15) is 23.5 Å². The summed E-state index contributed by atoms with van der Waals surface area (Å²) < 4.78 is 47.4. The molecule has 6 nitrogen and oxygen atoms in total. The van der Waals surface area contributed by atoms with Crippen LogP contribution in [0.25, 0.3) is 0 Å². The minimum atomic E-state index is -4.81. The third kappa shape index (κ3) is 8.49. The third-order valence-electron chi connectivity index (χ3n) is 6.49. The minimum Gasteiger partial charge on any atom is -0.406 e. The molecule has 0 aromatic heterocycles. The van der Waals surface area contributed by atoms with Crippen LogP contribution in [0.2, 0.25) is 0 Å². The van der Waals surface area contributed by atoms with E-state index in [0.717, 1.165) is 24.2 Å². The molecule has 38 heavy (non-hydrogen) atoms. The number of anilines is 1. The molecular formula is C29H32F3N3O3. The molecule has 0 spiro atoms. The fourth-order valence-corrected chi connectivity index (χ4v) is 4.56. The first-order chi connectivity index (χ1) is 18.4. The molecule has 0 aliphatic carbocycles. The first-order valence-corrected chi connectivity index (χ1v) is 12.7. The van der Waals surface area contributed by atoms with Crippen molar-refractivity contribution in [3.63, 3.8) is 0 Å². The molecule has 9 heteroatoms. The summed E-state index contributed by atoms with van der Waals surface area (Å²) in [4.78, 5) is 17.3. The van der Waals surface area contributed by atoms with Crippen molar-refractivity contribution in [2.24, 2.45) is 0 Å². The highest BCUT2D eigenvalue weighted by Crippen LogP contribution is 2.29. The van der Waals surface area contributed by atoms with E-state index in [-0.39, 0.29) is 23.4 Å². The Bertz CT molecular complexity index is 1100. The lowest BCUT2D eigenvalue weighted by molar-refractivity contribution is -0.274. The number of nitrogens with one attached hydrogen (secondary N) is 1. The van der Waals surface area contributed by atoms with Gasteiger partial charge >= 0.3 is 12.4 Å². The lowest BCUT2D eigenvalue weighted by Gasteiger charge is -2.31. The van der Waals surface area contributed by atoms with Crippen LogP contribution in [0, 0.1) is 0 Å². The molecule has 0 unspecified atom stereocenters. The molecule has 1 heterocycles. The quantitative estimate of drug-likeness (QED) is 0.353. The van der Waals surface area contributed by atoms with Gasteiger partial charge in [-0.15, -0.1) is 13.2 Å². The van der Waals surface area contributed by atoms with Crippen molar-refractivity contribution in [1.82, 2.24) is 9.80 Å². The normalized spacial score (nSPS) is 14.3. The zero-order chi connectivity index (χ0) is 26.8. The van der Waals surface area contributed by atoms with Crippen molar-refractivity contribution >= 4 is 11.7 Å². The average molecular weight is 528 g/mol. The first-order valence-electron chi connectivity index (χ1n) is 12.7. The lowest BCUT2D eigenvalue weighted by Crippen LogP contribution is -2.44. The minimum absolute atomic E-state index is 0.0830. The Morgan fingerprint density at radius 3 is 2.16 bits per heavy atom.